The van der Waals surface area contributed by atoms with Gasteiger partial charge in [0.05, 0.1) is 16.9 Å². The van der Waals surface area contributed by atoms with Crippen molar-refractivity contribution in [2.45, 2.75) is 73.1 Å². The molecule has 0 aliphatic carbocycles. The quantitative estimate of drug-likeness (QED) is 0.522. The number of thiazole rings is 1. The zero-order valence-corrected chi connectivity index (χ0v) is 17.9. The first-order valence-electron chi connectivity index (χ1n) is 8.95. The van der Waals surface area contributed by atoms with Gasteiger partial charge in [0, 0.05) is 29.0 Å². The molecule has 0 bridgehead atoms. The number of oxazole rings is 1. The molecule has 0 aliphatic rings. The van der Waals surface area contributed by atoms with Gasteiger partial charge in [-0.2, -0.15) is 0 Å². The van der Waals surface area contributed by atoms with Gasteiger partial charge in [0.25, 0.3) is 0 Å². The van der Waals surface area contributed by atoms with Crippen LogP contribution < -0.4 is 0 Å². The summed E-state index contributed by atoms with van der Waals surface area (Å²) in [4.78, 5) is 8.08. The fourth-order valence-corrected chi connectivity index (χ4v) is 3.01. The highest BCUT2D eigenvalue weighted by molar-refractivity contribution is 7.09. The van der Waals surface area contributed by atoms with E-state index >= 15 is 0 Å². The van der Waals surface area contributed by atoms with Gasteiger partial charge in [-0.25, -0.2) is 9.97 Å². The molecule has 0 unspecified atom stereocenters. The van der Waals surface area contributed by atoms with Crippen molar-refractivity contribution in [1.29, 1.82) is 0 Å². The van der Waals surface area contributed by atoms with Crippen molar-refractivity contribution < 1.29 is 8.94 Å². The van der Waals surface area contributed by atoms with Gasteiger partial charge in [0.15, 0.2) is 5.89 Å². The molecule has 3 aromatic rings. The predicted octanol–water partition coefficient (Wildman–Crippen LogP) is 6.48. The van der Waals surface area contributed by atoms with Crippen molar-refractivity contribution >= 4 is 11.3 Å². The van der Waals surface area contributed by atoms with Gasteiger partial charge in [-0.3, -0.25) is 0 Å². The van der Waals surface area contributed by atoms with Crippen LogP contribution in [-0.4, -0.2) is 15.1 Å². The molecule has 3 heterocycles. The van der Waals surface area contributed by atoms with Crippen LogP contribution in [0.4, 0.5) is 0 Å². The van der Waals surface area contributed by atoms with Crippen molar-refractivity contribution in [3.8, 4) is 0 Å². The molecule has 3 rings (SSSR count). The molecule has 0 saturated carbocycles. The minimum atomic E-state index is 0.407. The van der Waals surface area contributed by atoms with Crippen LogP contribution in [-0.2, 0) is 0 Å². The van der Waals surface area contributed by atoms with Crippen molar-refractivity contribution in [2.24, 2.45) is 0 Å². The van der Waals surface area contributed by atoms with Crippen molar-refractivity contribution in [3.63, 3.8) is 0 Å². The molecule has 0 atom stereocenters. The Kier molecular flexibility index (Phi) is 9.27. The topological polar surface area (TPSA) is 65.0 Å². The Morgan fingerprint density at radius 3 is 1.81 bits per heavy atom. The third-order valence-electron chi connectivity index (χ3n) is 3.56. The zero-order chi connectivity index (χ0) is 19.7. The average Bonchev–Trinajstić information content (AvgIpc) is 3.30. The molecule has 0 saturated heterocycles. The maximum atomic E-state index is 5.01. The molecule has 144 valence electrons. The van der Waals surface area contributed by atoms with Gasteiger partial charge in [0.1, 0.15) is 12.0 Å². The summed E-state index contributed by atoms with van der Waals surface area (Å²) >= 11 is 1.72. The van der Waals surface area contributed by atoms with Crippen LogP contribution in [0.5, 0.6) is 0 Å². The zero-order valence-electron chi connectivity index (χ0n) is 17.1. The summed E-state index contributed by atoms with van der Waals surface area (Å²) in [7, 11) is 0. The predicted molar refractivity (Wildman–Crippen MR) is 107 cm³/mol. The van der Waals surface area contributed by atoms with Gasteiger partial charge in [-0.05, 0) is 19.8 Å². The minimum Gasteiger partial charge on any atom is -0.449 e. The lowest BCUT2D eigenvalue weighted by molar-refractivity contribution is 0.392. The lowest BCUT2D eigenvalue weighted by Gasteiger charge is -2.00. The van der Waals surface area contributed by atoms with E-state index in [4.69, 9.17) is 8.94 Å². The maximum Gasteiger partial charge on any atom is 0.196 e. The average molecular weight is 378 g/mol. The van der Waals surface area contributed by atoms with Gasteiger partial charge in [0.2, 0.25) is 0 Å². The molecular weight excluding hydrogens is 346 g/mol. The van der Waals surface area contributed by atoms with Crippen LogP contribution in [0.1, 0.15) is 87.2 Å². The van der Waals surface area contributed by atoms with Crippen LogP contribution in [0, 0.1) is 13.8 Å². The number of rotatable bonds is 3. The Hall–Kier alpha value is -1.95. The first-order valence-corrected chi connectivity index (χ1v) is 9.83. The van der Waals surface area contributed by atoms with Gasteiger partial charge in [-0.15, -0.1) is 11.3 Å². The third-order valence-corrected chi connectivity index (χ3v) is 4.63. The van der Waals surface area contributed by atoms with Crippen molar-refractivity contribution in [3.05, 3.63) is 52.0 Å². The molecule has 6 heteroatoms. The van der Waals surface area contributed by atoms with Gasteiger partial charge in [-0.1, -0.05) is 46.7 Å². The summed E-state index contributed by atoms with van der Waals surface area (Å²) in [5, 5.41) is 7.10. The Bertz CT molecular complexity index is 657. The summed E-state index contributed by atoms with van der Waals surface area (Å²) in [5.74, 6) is 3.28. The molecule has 0 amide bonds. The molecule has 0 spiro atoms. The van der Waals surface area contributed by atoms with Crippen LogP contribution in [0.15, 0.2) is 33.0 Å². The standard InChI is InChI=1S/C8H13NO.C6H9NO.C6H9NS/c1-5(2)8-6(3)9-10-7(8)4;2*1-5(2)6-7-3-4-8-6/h5H,1-4H3;2*3-5H,1-2H3. The van der Waals surface area contributed by atoms with Crippen LogP contribution in [0.25, 0.3) is 0 Å². The summed E-state index contributed by atoms with van der Waals surface area (Å²) in [5.41, 5.74) is 2.27. The van der Waals surface area contributed by atoms with Crippen molar-refractivity contribution in [2.75, 3.05) is 0 Å². The van der Waals surface area contributed by atoms with E-state index in [-0.39, 0.29) is 0 Å². The monoisotopic (exact) mass is 377 g/mol. The van der Waals surface area contributed by atoms with E-state index in [0.29, 0.717) is 17.8 Å². The number of hydrogen-bond acceptors (Lipinski definition) is 6. The van der Waals surface area contributed by atoms with E-state index in [1.807, 2.05) is 39.3 Å². The van der Waals surface area contributed by atoms with E-state index < -0.39 is 0 Å². The first kappa shape index (κ1) is 22.1. The van der Waals surface area contributed by atoms with Gasteiger partial charge >= 0.3 is 0 Å². The molecule has 26 heavy (non-hydrogen) atoms. The molecule has 0 aliphatic heterocycles. The molecule has 0 aromatic carbocycles. The second kappa shape index (κ2) is 10.9. The number of hydrogen-bond donors (Lipinski definition) is 0. The molecule has 0 N–H and O–H groups in total. The highest BCUT2D eigenvalue weighted by Gasteiger charge is 2.11. The van der Waals surface area contributed by atoms with Crippen LogP contribution in [0.2, 0.25) is 0 Å². The van der Waals surface area contributed by atoms with E-state index in [9.17, 15) is 0 Å². The Morgan fingerprint density at radius 1 is 0.885 bits per heavy atom. The molecule has 0 fully saturated rings. The lowest BCUT2D eigenvalue weighted by atomic mass is 10.0. The smallest absolute Gasteiger partial charge is 0.196 e. The summed E-state index contributed by atoms with van der Waals surface area (Å²) in [6, 6.07) is 0. The molecular formula is C20H31N3O2S. The SMILES string of the molecule is CC(C)c1ncco1.CC(C)c1nccs1.Cc1noc(C)c1C(C)C. The fourth-order valence-electron chi connectivity index (χ4n) is 2.35. The highest BCUT2D eigenvalue weighted by atomic mass is 32.1. The number of aromatic nitrogens is 3. The Labute approximate surface area is 160 Å². The van der Waals surface area contributed by atoms with Crippen LogP contribution in [0.3, 0.4) is 0 Å². The minimum absolute atomic E-state index is 0.407. The fraction of sp³-hybridized carbons (Fsp3) is 0.550. The van der Waals surface area contributed by atoms with E-state index in [2.05, 4.69) is 42.8 Å². The Balaban J connectivity index is 0.000000197. The van der Waals surface area contributed by atoms with E-state index in [1.165, 1.54) is 10.6 Å². The Morgan fingerprint density at radius 2 is 1.58 bits per heavy atom. The largest absolute Gasteiger partial charge is 0.449 e. The van der Waals surface area contributed by atoms with E-state index in [0.717, 1.165) is 17.3 Å². The normalized spacial score (nSPS) is 10.6. The van der Waals surface area contributed by atoms with E-state index in [1.54, 1.807) is 23.8 Å². The summed E-state index contributed by atoms with van der Waals surface area (Å²) in [6.45, 7) is 16.6. The first-order chi connectivity index (χ1) is 12.2. The summed E-state index contributed by atoms with van der Waals surface area (Å²) < 4.78 is 9.99. The molecule has 5 nitrogen and oxygen atoms in total. The van der Waals surface area contributed by atoms with Gasteiger partial charge < -0.3 is 8.94 Å². The maximum absolute atomic E-state index is 5.01. The number of nitrogens with zero attached hydrogens (tertiary/aromatic N) is 3. The lowest BCUT2D eigenvalue weighted by Crippen LogP contribution is -1.89. The third kappa shape index (κ3) is 7.12. The van der Waals surface area contributed by atoms with Crippen molar-refractivity contribution in [1.82, 2.24) is 15.1 Å². The number of aryl methyl sites for hydroxylation is 2. The molecule has 0 radical (unpaired) electrons. The molecule has 3 aromatic heterocycles. The second-order valence-corrected chi connectivity index (χ2v) is 7.87. The highest BCUT2D eigenvalue weighted by Crippen LogP contribution is 2.21. The summed E-state index contributed by atoms with van der Waals surface area (Å²) in [6.07, 6.45) is 5.10. The second-order valence-electron chi connectivity index (χ2n) is 6.94. The van der Waals surface area contributed by atoms with Crippen LogP contribution >= 0.6 is 11.3 Å².